The van der Waals surface area contributed by atoms with Gasteiger partial charge in [0, 0.05) is 27.7 Å². The monoisotopic (exact) mass is 732 g/mol. The maximum Gasteiger partial charge on any atom is 0.131 e. The summed E-state index contributed by atoms with van der Waals surface area (Å²) in [6.45, 7) is 4.49. The number of phenols is 2. The van der Waals surface area contributed by atoms with E-state index in [0.717, 1.165) is 98.7 Å². The minimum atomic E-state index is -0.574. The van der Waals surface area contributed by atoms with Gasteiger partial charge in [0.15, 0.2) is 0 Å². The number of fused-ring (bicyclic) bond motifs is 4. The Morgan fingerprint density at radius 2 is 0.509 bits per heavy atom. The van der Waals surface area contributed by atoms with E-state index in [1.807, 2.05) is 0 Å². The highest BCUT2D eigenvalue weighted by Gasteiger charge is 2.29. The molecule has 0 saturated heterocycles. The van der Waals surface area contributed by atoms with Crippen LogP contribution >= 0.6 is 0 Å². The van der Waals surface area contributed by atoms with Crippen molar-refractivity contribution in [2.75, 3.05) is 0 Å². The van der Waals surface area contributed by atoms with E-state index in [0.29, 0.717) is 0 Å². The maximum atomic E-state index is 12.3. The Balaban J connectivity index is 1.21. The number of rotatable bonds is 6. The van der Waals surface area contributed by atoms with Crippen LogP contribution < -0.4 is 0 Å². The van der Waals surface area contributed by atoms with Gasteiger partial charge in [-0.05, 0) is 125 Å². The van der Waals surface area contributed by atoms with Gasteiger partial charge >= 0.3 is 0 Å². The van der Waals surface area contributed by atoms with Crippen LogP contribution in [0.25, 0.3) is 87.6 Å². The summed E-state index contributed by atoms with van der Waals surface area (Å²) in [5, 5.41) is 33.6. The molecule has 57 heavy (non-hydrogen) atoms. The summed E-state index contributed by atoms with van der Waals surface area (Å²) in [6, 6.07) is 67.6. The van der Waals surface area contributed by atoms with E-state index in [9.17, 15) is 10.2 Å². The number of benzene rings is 10. The molecule has 272 valence electrons. The lowest BCUT2D eigenvalue weighted by atomic mass is 9.74. The molecule has 0 radical (unpaired) electrons. The fourth-order valence-corrected chi connectivity index (χ4v) is 8.46. The first-order valence-corrected chi connectivity index (χ1v) is 19.5. The third-order valence-corrected chi connectivity index (χ3v) is 11.9. The van der Waals surface area contributed by atoms with Crippen molar-refractivity contribution >= 4 is 43.1 Å². The van der Waals surface area contributed by atoms with Gasteiger partial charge in [0.1, 0.15) is 11.5 Å². The lowest BCUT2D eigenvalue weighted by Crippen LogP contribution is -2.19. The molecule has 0 fully saturated rings. The summed E-state index contributed by atoms with van der Waals surface area (Å²) in [6.07, 6.45) is 0. The van der Waals surface area contributed by atoms with E-state index in [1.165, 1.54) is 0 Å². The number of aromatic hydroxyl groups is 2. The van der Waals surface area contributed by atoms with Crippen LogP contribution in [0.3, 0.4) is 0 Å². The van der Waals surface area contributed by atoms with E-state index in [4.69, 9.17) is 0 Å². The zero-order chi connectivity index (χ0) is 38.7. The van der Waals surface area contributed by atoms with Crippen molar-refractivity contribution in [1.29, 1.82) is 0 Å². The van der Waals surface area contributed by atoms with Gasteiger partial charge in [0.2, 0.25) is 0 Å². The Morgan fingerprint density at radius 1 is 0.281 bits per heavy atom. The van der Waals surface area contributed by atoms with Crippen LogP contribution in [0.1, 0.15) is 25.0 Å². The summed E-state index contributed by atoms with van der Waals surface area (Å²) in [4.78, 5) is 0. The molecule has 2 heteroatoms. The van der Waals surface area contributed by atoms with Crippen molar-refractivity contribution in [2.24, 2.45) is 0 Å². The van der Waals surface area contributed by atoms with Gasteiger partial charge in [0.05, 0.1) is 0 Å². The standard InChI is InChI=1S/C55H40O2/c1-55(2,47-31-49(43-23-19-35-11-3-7-15-39(35)27-43)53(56)50(32-47)44-24-20-36-12-4-8-16-40(36)28-44)48-33-51(45-25-21-37-13-5-9-17-41(37)29-45)54(57)52(34-48)46-26-22-38-14-6-10-18-42(38)30-46/h3-34,56-57H,1-2H3. The molecule has 10 aromatic rings. The summed E-state index contributed by atoms with van der Waals surface area (Å²) in [7, 11) is 0. The van der Waals surface area contributed by atoms with Crippen molar-refractivity contribution < 1.29 is 10.2 Å². The Kier molecular flexibility index (Phi) is 8.16. The second-order valence-corrected chi connectivity index (χ2v) is 15.7. The molecule has 2 nitrogen and oxygen atoms in total. The van der Waals surface area contributed by atoms with Gasteiger partial charge in [-0.15, -0.1) is 0 Å². The van der Waals surface area contributed by atoms with E-state index in [1.54, 1.807) is 0 Å². The molecule has 0 bridgehead atoms. The fraction of sp³-hybridized carbons (Fsp3) is 0.0545. The average Bonchev–Trinajstić information content (AvgIpc) is 3.25. The van der Waals surface area contributed by atoms with Gasteiger partial charge in [-0.25, -0.2) is 0 Å². The van der Waals surface area contributed by atoms with Gasteiger partial charge in [-0.3, -0.25) is 0 Å². The van der Waals surface area contributed by atoms with Crippen LogP contribution in [0, 0.1) is 0 Å². The average molecular weight is 733 g/mol. The van der Waals surface area contributed by atoms with Crippen molar-refractivity contribution in [3.05, 3.63) is 205 Å². The minimum absolute atomic E-state index is 0.250. The molecule has 10 aromatic carbocycles. The molecule has 0 amide bonds. The molecule has 0 saturated carbocycles. The minimum Gasteiger partial charge on any atom is -0.507 e. The third kappa shape index (κ3) is 6.07. The van der Waals surface area contributed by atoms with Crippen molar-refractivity contribution in [3.8, 4) is 56.0 Å². The highest BCUT2D eigenvalue weighted by atomic mass is 16.3. The predicted molar refractivity (Wildman–Crippen MR) is 240 cm³/mol. The highest BCUT2D eigenvalue weighted by Crippen LogP contribution is 2.48. The van der Waals surface area contributed by atoms with Crippen LogP contribution in [0.4, 0.5) is 0 Å². The molecule has 0 aliphatic carbocycles. The van der Waals surface area contributed by atoms with E-state index in [2.05, 4.69) is 208 Å². The first-order valence-electron chi connectivity index (χ1n) is 19.5. The van der Waals surface area contributed by atoms with Crippen LogP contribution in [-0.4, -0.2) is 10.2 Å². The van der Waals surface area contributed by atoms with Crippen molar-refractivity contribution in [3.63, 3.8) is 0 Å². The largest absolute Gasteiger partial charge is 0.507 e. The summed E-state index contributed by atoms with van der Waals surface area (Å²) >= 11 is 0. The molecule has 0 aromatic heterocycles. The van der Waals surface area contributed by atoms with E-state index < -0.39 is 5.41 Å². The van der Waals surface area contributed by atoms with Crippen molar-refractivity contribution in [1.82, 2.24) is 0 Å². The van der Waals surface area contributed by atoms with E-state index >= 15 is 0 Å². The summed E-state index contributed by atoms with van der Waals surface area (Å²) < 4.78 is 0. The van der Waals surface area contributed by atoms with Crippen molar-refractivity contribution in [2.45, 2.75) is 19.3 Å². The molecule has 0 atom stereocenters. The first-order chi connectivity index (χ1) is 27.8. The fourth-order valence-electron chi connectivity index (χ4n) is 8.46. The summed E-state index contributed by atoms with van der Waals surface area (Å²) in [5.41, 5.74) is 8.42. The van der Waals surface area contributed by atoms with Gasteiger partial charge in [0.25, 0.3) is 0 Å². The molecule has 10 rings (SSSR count). The first kappa shape index (κ1) is 34.3. The normalized spacial score (nSPS) is 11.8. The summed E-state index contributed by atoms with van der Waals surface area (Å²) in [5.74, 6) is 0.499. The Hall–Kier alpha value is -7.16. The lowest BCUT2D eigenvalue weighted by molar-refractivity contribution is 0.478. The molecule has 0 aliphatic heterocycles. The topological polar surface area (TPSA) is 40.5 Å². The van der Waals surface area contributed by atoms with Gasteiger partial charge < -0.3 is 10.2 Å². The van der Waals surface area contributed by atoms with E-state index in [-0.39, 0.29) is 11.5 Å². The van der Waals surface area contributed by atoms with Crippen LogP contribution in [-0.2, 0) is 5.41 Å². The molecular weight excluding hydrogens is 693 g/mol. The Morgan fingerprint density at radius 3 is 0.754 bits per heavy atom. The number of hydrogen-bond donors (Lipinski definition) is 2. The second kappa shape index (κ2) is 13.5. The molecular formula is C55H40O2. The van der Waals surface area contributed by atoms with Gasteiger partial charge in [-0.2, -0.15) is 0 Å². The molecule has 0 aliphatic rings. The highest BCUT2D eigenvalue weighted by molar-refractivity contribution is 5.95. The number of hydrogen-bond acceptors (Lipinski definition) is 2. The quantitative estimate of drug-likeness (QED) is 0.179. The Bertz CT molecular complexity index is 2770. The smallest absolute Gasteiger partial charge is 0.131 e. The number of phenolic OH excluding ortho intramolecular Hbond substituents is 2. The molecule has 0 spiro atoms. The maximum absolute atomic E-state index is 12.3. The van der Waals surface area contributed by atoms with Gasteiger partial charge in [-0.1, -0.05) is 159 Å². The lowest BCUT2D eigenvalue weighted by Gasteiger charge is -2.30. The third-order valence-electron chi connectivity index (χ3n) is 11.9. The predicted octanol–water partition coefficient (Wildman–Crippen LogP) is 14.7. The zero-order valence-electron chi connectivity index (χ0n) is 31.9. The molecule has 0 unspecified atom stereocenters. The second-order valence-electron chi connectivity index (χ2n) is 15.7. The Labute approximate surface area is 332 Å². The molecule has 2 N–H and O–H groups in total. The molecule has 0 heterocycles. The van der Waals surface area contributed by atoms with Crippen LogP contribution in [0.5, 0.6) is 11.5 Å². The zero-order valence-corrected chi connectivity index (χ0v) is 31.9. The SMILES string of the molecule is CC(C)(c1cc(-c2ccc3ccccc3c2)c(O)c(-c2ccc3ccccc3c2)c1)c1cc(-c2ccc3ccccc3c2)c(O)c(-c2ccc3ccccc3c2)c1. The van der Waals surface area contributed by atoms with Crippen LogP contribution in [0.2, 0.25) is 0 Å². The van der Waals surface area contributed by atoms with Crippen LogP contribution in [0.15, 0.2) is 194 Å².